The van der Waals surface area contributed by atoms with Gasteiger partial charge in [-0.2, -0.15) is 0 Å². The van der Waals surface area contributed by atoms with Crippen LogP contribution in [0.4, 0.5) is 0 Å². The van der Waals surface area contributed by atoms with Crippen molar-refractivity contribution in [3.63, 3.8) is 0 Å². The first-order valence-corrected chi connectivity index (χ1v) is 54.4. The van der Waals surface area contributed by atoms with Gasteiger partial charge < -0.3 is 17.7 Å². The van der Waals surface area contributed by atoms with E-state index in [9.17, 15) is 9.59 Å². The largest absolute Gasteiger partial charge is 0.461 e. The van der Waals surface area contributed by atoms with Crippen molar-refractivity contribution in [2.75, 3.05) is 13.2 Å². The monoisotopic (exact) mass is 1510 g/mol. The molecule has 6 nitrogen and oxygen atoms in total. The summed E-state index contributed by atoms with van der Waals surface area (Å²) < 4.78 is 23.8. The summed E-state index contributed by atoms with van der Waals surface area (Å²) in [6.07, 6.45) is 38.5. The molecule has 0 aromatic rings. The maximum atomic E-state index is 12.5. The van der Waals surface area contributed by atoms with E-state index in [1.807, 2.05) is 26.0 Å². The third kappa shape index (κ3) is 32.2. The number of hydrogen-bond acceptors (Lipinski definition) is 6. The Balaban J connectivity index is 0.000000655. The number of hydrogen-bond donors (Lipinski definition) is 0. The summed E-state index contributed by atoms with van der Waals surface area (Å²) in [4.78, 5) is 24.5. The second-order valence-electron chi connectivity index (χ2n) is 39.1. The van der Waals surface area contributed by atoms with Crippen LogP contribution in [-0.4, -0.2) is 58.4 Å². The van der Waals surface area contributed by atoms with Gasteiger partial charge in [-0.05, 0) is 308 Å². The standard InChI is InChI=1S/C26H48.C22H40.C18H32.C16H32O3Si2.C12H24O3Si2/c1-11-12-13-14-23(10)24-15-16-25(19(2)3,20(4)5)18-26(17-24,21(6)7)22(8)9;1-7-12-13-14-15-19(6)20-16-21(8-2,9-3)18-22(10-4,11-5)17-20;1-7-8-9-10-11-15(2)16-12-17(3,4)14-18(5,6)13-16;1-7-20(8-2)12-15(16(17)18-11-14(5)6)13-21(9-3,10-4)19-20;1-10(2)7-14-12(13)11-8-16(3,4)15-17(5,6)9-11/h11,19-22,24H,1,10,12-18H2,2-9H3;7,20H,1,6,8-18H2,2-5H3;7,16H,1-2,8-14H2,3-6H3;15H,5,7-13H2,1-4,6H3;11H,1,7-9H2,2-6H3. The van der Waals surface area contributed by atoms with Crippen LogP contribution in [-0.2, 0) is 27.3 Å². The van der Waals surface area contributed by atoms with Crippen LogP contribution in [0.25, 0.3) is 0 Å². The minimum Gasteiger partial charge on any atom is -0.461 e. The van der Waals surface area contributed by atoms with Crippen molar-refractivity contribution in [1.29, 1.82) is 0 Å². The summed E-state index contributed by atoms with van der Waals surface area (Å²) >= 11 is 0. The Kier molecular flexibility index (Phi) is 43.9. The molecule has 604 valence electrons. The molecule has 5 fully saturated rings. The molecule has 0 aromatic heterocycles. The molecule has 104 heavy (non-hydrogen) atoms. The fraction of sp³-hybridized carbons (Fsp3) is 0.809. The SMILES string of the molecule is C=C(C)COC(=O)C1C[Si](C)(C)O[Si](C)(C)C1.C=C(C)COC(=O)C1C[Si](CC)(CC)O[Si](CC)(CC)C1.C=CCCCC(=C)C1CCC(C(C)C)(C(C)C)CC(C(C)C)(C(C)C)C1.C=CCCCCC(=C)C1CC(C)(C)CC(C)(C)C1.C=CCCCCC(=C)C1CC(CC)(CC)CC(CC)(CC)C1. The van der Waals surface area contributed by atoms with E-state index in [1.54, 1.807) is 5.57 Å². The van der Waals surface area contributed by atoms with Gasteiger partial charge in [-0.3, -0.25) is 9.59 Å². The van der Waals surface area contributed by atoms with Crippen molar-refractivity contribution in [2.45, 2.75) is 387 Å². The summed E-state index contributed by atoms with van der Waals surface area (Å²) in [5, 5.41) is 0. The predicted molar refractivity (Wildman–Crippen MR) is 472 cm³/mol. The molecule has 0 radical (unpaired) electrons. The highest BCUT2D eigenvalue weighted by molar-refractivity contribution is 6.89. The summed E-state index contributed by atoms with van der Waals surface area (Å²) in [5.74, 6) is 5.17. The van der Waals surface area contributed by atoms with Crippen molar-refractivity contribution >= 4 is 45.2 Å². The summed E-state index contributed by atoms with van der Waals surface area (Å²) in [5.41, 5.74) is 9.34. The lowest BCUT2D eigenvalue weighted by molar-refractivity contribution is -0.147. The zero-order chi connectivity index (χ0) is 79.9. The molecular weight excluding hydrogens is 1340 g/mol. The van der Waals surface area contributed by atoms with E-state index >= 15 is 0 Å². The van der Waals surface area contributed by atoms with Crippen molar-refractivity contribution < 1.29 is 27.3 Å². The summed E-state index contributed by atoms with van der Waals surface area (Å²) in [6.45, 7) is 93.9. The van der Waals surface area contributed by atoms with Crippen molar-refractivity contribution in [1.82, 2.24) is 0 Å². The molecule has 0 bridgehead atoms. The van der Waals surface area contributed by atoms with Crippen molar-refractivity contribution in [2.24, 2.45) is 85.8 Å². The summed E-state index contributed by atoms with van der Waals surface area (Å²) in [7, 11) is -6.84. The van der Waals surface area contributed by atoms with Crippen LogP contribution >= 0.6 is 0 Å². The van der Waals surface area contributed by atoms with E-state index in [4.69, 9.17) is 17.7 Å². The van der Waals surface area contributed by atoms with Crippen LogP contribution in [0.5, 0.6) is 0 Å². The van der Waals surface area contributed by atoms with Crippen LogP contribution < -0.4 is 0 Å². The molecule has 0 spiro atoms. The molecule has 0 aromatic carbocycles. The zero-order valence-electron chi connectivity index (χ0n) is 74.3. The van der Waals surface area contributed by atoms with Crippen LogP contribution in [0.1, 0.15) is 313 Å². The van der Waals surface area contributed by atoms with E-state index in [0.29, 0.717) is 51.6 Å². The highest BCUT2D eigenvalue weighted by Gasteiger charge is 2.54. The van der Waals surface area contributed by atoms with Crippen LogP contribution in [0.3, 0.4) is 0 Å². The number of carbonyl (C=O) groups is 2. The molecule has 0 amide bonds. The molecule has 10 heteroatoms. The highest BCUT2D eigenvalue weighted by Crippen LogP contribution is 2.61. The first-order valence-electron chi connectivity index (χ1n) is 43.1. The molecule has 2 heterocycles. The van der Waals surface area contributed by atoms with E-state index in [0.717, 1.165) is 114 Å². The van der Waals surface area contributed by atoms with Gasteiger partial charge in [0.2, 0.25) is 0 Å². The number of allylic oxidation sites excluding steroid dienone is 6. The lowest BCUT2D eigenvalue weighted by Gasteiger charge is -2.51. The van der Waals surface area contributed by atoms with Gasteiger partial charge in [0.25, 0.3) is 0 Å². The van der Waals surface area contributed by atoms with E-state index in [-0.39, 0.29) is 23.8 Å². The highest BCUT2D eigenvalue weighted by atomic mass is 28.4. The smallest absolute Gasteiger partial charge is 0.308 e. The molecule has 2 aliphatic heterocycles. The van der Waals surface area contributed by atoms with E-state index in [2.05, 4.69) is 223 Å². The van der Waals surface area contributed by atoms with Gasteiger partial charge in [-0.15, -0.1) is 19.7 Å². The number of rotatable bonds is 35. The Morgan fingerprint density at radius 2 is 0.769 bits per heavy atom. The van der Waals surface area contributed by atoms with Gasteiger partial charge in [0.05, 0.1) is 11.8 Å². The molecule has 3 aliphatic carbocycles. The third-order valence-electron chi connectivity index (χ3n) is 27.3. The third-order valence-corrected chi connectivity index (χ3v) is 45.8. The Morgan fingerprint density at radius 3 is 1.11 bits per heavy atom. The van der Waals surface area contributed by atoms with Gasteiger partial charge in [0.1, 0.15) is 13.2 Å². The number of ether oxygens (including phenoxy) is 2. The fourth-order valence-corrected chi connectivity index (χ4v) is 42.1. The average Bonchev–Trinajstić information content (AvgIpc) is 1.49. The van der Waals surface area contributed by atoms with Gasteiger partial charge in [-0.1, -0.05) is 232 Å². The number of unbranched alkanes of at least 4 members (excludes halogenated alkanes) is 5. The van der Waals surface area contributed by atoms with E-state index in [1.165, 1.54) is 152 Å². The van der Waals surface area contributed by atoms with Gasteiger partial charge >= 0.3 is 11.9 Å². The van der Waals surface area contributed by atoms with Crippen molar-refractivity contribution in [3.8, 4) is 0 Å². The number of carbonyl (C=O) groups excluding carboxylic acids is 2. The first kappa shape index (κ1) is 99.7. The molecule has 5 aliphatic rings. The Bertz CT molecular complexity index is 2530. The predicted octanol–water partition coefficient (Wildman–Crippen LogP) is 30.4. The Labute approximate surface area is 653 Å². The lowest BCUT2D eigenvalue weighted by Crippen LogP contribution is -2.57. The molecule has 5 rings (SSSR count). The lowest BCUT2D eigenvalue weighted by atomic mass is 9.54. The molecular formula is C94H176O6Si4. The molecule has 1 atom stereocenters. The normalized spacial score (nSPS) is 22.0. The second-order valence-corrected chi connectivity index (χ2v) is 56.9. The summed E-state index contributed by atoms with van der Waals surface area (Å²) in [6, 6.07) is 8.13. The van der Waals surface area contributed by atoms with Gasteiger partial charge in [0.15, 0.2) is 33.3 Å². The van der Waals surface area contributed by atoms with E-state index < -0.39 is 33.3 Å². The Hall–Kier alpha value is -2.35. The first-order chi connectivity index (χ1) is 48.3. The average molecular weight is 1510 g/mol. The fourth-order valence-electron chi connectivity index (χ4n) is 20.7. The maximum absolute atomic E-state index is 12.5. The maximum Gasteiger partial charge on any atom is 0.308 e. The van der Waals surface area contributed by atoms with Crippen LogP contribution in [0.2, 0.25) is 74.5 Å². The molecule has 3 saturated carbocycles. The minimum absolute atomic E-state index is 0.0150. The molecule has 1 unspecified atom stereocenters. The molecule has 2 saturated heterocycles. The quantitative estimate of drug-likeness (QED) is 0.0207. The number of esters is 2. The van der Waals surface area contributed by atoms with Gasteiger partial charge in [-0.25, -0.2) is 0 Å². The van der Waals surface area contributed by atoms with Crippen molar-refractivity contribution in [3.05, 3.63) is 98.7 Å². The zero-order valence-corrected chi connectivity index (χ0v) is 78.3. The minimum atomic E-state index is -1.75. The van der Waals surface area contributed by atoms with Gasteiger partial charge in [0, 0.05) is 0 Å². The van der Waals surface area contributed by atoms with Crippen LogP contribution in [0.15, 0.2) is 98.7 Å². The second kappa shape index (κ2) is 45.8. The molecule has 0 N–H and O–H groups in total. The Morgan fingerprint density at radius 1 is 0.433 bits per heavy atom. The topological polar surface area (TPSA) is 71.1 Å². The van der Waals surface area contributed by atoms with Crippen LogP contribution in [0, 0.1) is 85.8 Å².